The highest BCUT2D eigenvalue weighted by molar-refractivity contribution is 7.99. The standard InChI is InChI=1S/C17H26N4O2S/c22-16(15-3-7-21(20-15)14-2-1-6-18-11-14)19-13-4-8-23-17(10-13)5-9-24-12-17/h3,7,13-14,18H,1-2,4-6,8-12H2,(H,19,22). The van der Waals surface area contributed by atoms with E-state index in [2.05, 4.69) is 15.7 Å². The van der Waals surface area contributed by atoms with Crippen molar-refractivity contribution < 1.29 is 9.53 Å². The second-order valence-electron chi connectivity index (χ2n) is 7.18. The van der Waals surface area contributed by atoms with Gasteiger partial charge in [-0.25, -0.2) is 0 Å². The van der Waals surface area contributed by atoms with E-state index < -0.39 is 0 Å². The summed E-state index contributed by atoms with van der Waals surface area (Å²) in [6.07, 6.45) is 7.15. The minimum atomic E-state index is -0.0507. The van der Waals surface area contributed by atoms with Crippen LogP contribution < -0.4 is 10.6 Å². The van der Waals surface area contributed by atoms with Crippen molar-refractivity contribution in [1.29, 1.82) is 0 Å². The Kier molecular flexibility index (Phi) is 4.83. The first-order chi connectivity index (χ1) is 11.7. The van der Waals surface area contributed by atoms with E-state index in [1.165, 1.54) is 5.75 Å². The summed E-state index contributed by atoms with van der Waals surface area (Å²) in [6.45, 7) is 2.76. The van der Waals surface area contributed by atoms with Crippen LogP contribution in [0.2, 0.25) is 0 Å². The molecule has 1 spiro atoms. The van der Waals surface area contributed by atoms with Gasteiger partial charge in [-0.3, -0.25) is 9.48 Å². The van der Waals surface area contributed by atoms with E-state index >= 15 is 0 Å². The molecule has 0 radical (unpaired) electrons. The number of rotatable bonds is 3. The van der Waals surface area contributed by atoms with Crippen molar-refractivity contribution in [3.63, 3.8) is 0 Å². The molecule has 1 amide bonds. The normalized spacial score (nSPS) is 33.7. The van der Waals surface area contributed by atoms with Crippen molar-refractivity contribution in [2.24, 2.45) is 0 Å². The summed E-state index contributed by atoms with van der Waals surface area (Å²) in [7, 11) is 0. The Morgan fingerprint density at radius 2 is 2.46 bits per heavy atom. The first-order valence-electron chi connectivity index (χ1n) is 9.03. The molecule has 7 heteroatoms. The zero-order valence-electron chi connectivity index (χ0n) is 14.0. The van der Waals surface area contributed by atoms with Gasteiger partial charge in [0.1, 0.15) is 5.69 Å². The van der Waals surface area contributed by atoms with Crippen LogP contribution in [0.1, 0.15) is 48.6 Å². The van der Waals surface area contributed by atoms with Crippen LogP contribution in [0.5, 0.6) is 0 Å². The van der Waals surface area contributed by atoms with E-state index in [0.29, 0.717) is 11.7 Å². The summed E-state index contributed by atoms with van der Waals surface area (Å²) < 4.78 is 7.97. The lowest BCUT2D eigenvalue weighted by atomic mass is 9.90. The van der Waals surface area contributed by atoms with Crippen molar-refractivity contribution in [2.45, 2.75) is 49.8 Å². The van der Waals surface area contributed by atoms with E-state index in [4.69, 9.17) is 4.74 Å². The van der Waals surface area contributed by atoms with Gasteiger partial charge in [-0.1, -0.05) is 0 Å². The molecule has 3 unspecified atom stereocenters. The Bertz CT molecular complexity index is 579. The van der Waals surface area contributed by atoms with Crippen molar-refractivity contribution in [1.82, 2.24) is 20.4 Å². The number of carbonyl (C=O) groups excluding carboxylic acids is 1. The molecule has 2 N–H and O–H groups in total. The van der Waals surface area contributed by atoms with Crippen LogP contribution in [0, 0.1) is 0 Å². The van der Waals surface area contributed by atoms with Crippen molar-refractivity contribution in [2.75, 3.05) is 31.2 Å². The molecule has 6 nitrogen and oxygen atoms in total. The van der Waals surface area contributed by atoms with Crippen LogP contribution in [-0.4, -0.2) is 58.5 Å². The van der Waals surface area contributed by atoms with Crippen molar-refractivity contribution in [3.8, 4) is 0 Å². The van der Waals surface area contributed by atoms with Gasteiger partial charge < -0.3 is 15.4 Å². The van der Waals surface area contributed by atoms with Crippen LogP contribution in [0.4, 0.5) is 0 Å². The number of nitrogens with zero attached hydrogens (tertiary/aromatic N) is 2. The van der Waals surface area contributed by atoms with E-state index in [1.54, 1.807) is 0 Å². The lowest BCUT2D eigenvalue weighted by Gasteiger charge is -2.37. The molecule has 132 valence electrons. The van der Waals surface area contributed by atoms with Gasteiger partial charge in [0.15, 0.2) is 0 Å². The zero-order chi connectivity index (χ0) is 16.4. The molecule has 3 fully saturated rings. The highest BCUT2D eigenvalue weighted by Gasteiger charge is 2.41. The third kappa shape index (κ3) is 3.48. The number of ether oxygens (including phenoxy) is 1. The van der Waals surface area contributed by atoms with Crippen molar-refractivity contribution in [3.05, 3.63) is 18.0 Å². The molecule has 3 atom stereocenters. The van der Waals surface area contributed by atoms with Gasteiger partial charge in [-0.15, -0.1) is 0 Å². The Morgan fingerprint density at radius 1 is 1.50 bits per heavy atom. The average molecular weight is 350 g/mol. The van der Waals surface area contributed by atoms with Gasteiger partial charge in [0, 0.05) is 31.1 Å². The fourth-order valence-electron chi connectivity index (χ4n) is 4.00. The van der Waals surface area contributed by atoms with Gasteiger partial charge in [0.05, 0.1) is 11.6 Å². The second-order valence-corrected chi connectivity index (χ2v) is 8.28. The topological polar surface area (TPSA) is 68.2 Å². The highest BCUT2D eigenvalue weighted by Crippen LogP contribution is 2.38. The van der Waals surface area contributed by atoms with Gasteiger partial charge in [0.2, 0.25) is 0 Å². The molecule has 1 aromatic rings. The fraction of sp³-hybridized carbons (Fsp3) is 0.765. The second kappa shape index (κ2) is 7.06. The van der Waals surface area contributed by atoms with Crippen LogP contribution >= 0.6 is 11.8 Å². The number of hydrogen-bond acceptors (Lipinski definition) is 5. The molecule has 0 aliphatic carbocycles. The number of aromatic nitrogens is 2. The summed E-state index contributed by atoms with van der Waals surface area (Å²) in [5.74, 6) is 2.17. The Morgan fingerprint density at radius 3 is 3.25 bits per heavy atom. The quantitative estimate of drug-likeness (QED) is 0.867. The first-order valence-corrected chi connectivity index (χ1v) is 10.2. The Hall–Kier alpha value is -1.05. The molecule has 4 rings (SSSR count). The van der Waals surface area contributed by atoms with Gasteiger partial charge >= 0.3 is 0 Å². The number of hydrogen-bond donors (Lipinski definition) is 2. The third-order valence-electron chi connectivity index (χ3n) is 5.38. The van der Waals surface area contributed by atoms with Crippen LogP contribution in [-0.2, 0) is 4.74 Å². The molecule has 3 saturated heterocycles. The number of carbonyl (C=O) groups is 1. The van der Waals surface area contributed by atoms with Crippen LogP contribution in [0.25, 0.3) is 0 Å². The number of nitrogens with one attached hydrogen (secondary N) is 2. The first kappa shape index (κ1) is 16.4. The van der Waals surface area contributed by atoms with Gasteiger partial charge in [-0.05, 0) is 50.5 Å². The van der Waals surface area contributed by atoms with Crippen molar-refractivity contribution >= 4 is 17.7 Å². The zero-order valence-corrected chi connectivity index (χ0v) is 14.8. The molecule has 3 aliphatic heterocycles. The minimum absolute atomic E-state index is 0.00596. The lowest BCUT2D eigenvalue weighted by Crippen LogP contribution is -2.48. The molecule has 24 heavy (non-hydrogen) atoms. The molecule has 4 heterocycles. The minimum Gasteiger partial charge on any atom is -0.374 e. The molecule has 1 aromatic heterocycles. The van der Waals surface area contributed by atoms with Gasteiger partial charge in [0.25, 0.3) is 5.91 Å². The molecule has 3 aliphatic rings. The predicted molar refractivity (Wildman–Crippen MR) is 94.5 cm³/mol. The number of piperidine rings is 1. The van der Waals surface area contributed by atoms with E-state index in [0.717, 1.165) is 57.6 Å². The maximum Gasteiger partial charge on any atom is 0.271 e. The number of amides is 1. The third-order valence-corrected chi connectivity index (χ3v) is 6.60. The monoisotopic (exact) mass is 350 g/mol. The summed E-state index contributed by atoms with van der Waals surface area (Å²) in [5.41, 5.74) is 0.524. The predicted octanol–water partition coefficient (Wildman–Crippen LogP) is 1.59. The van der Waals surface area contributed by atoms with Crippen LogP contribution in [0.15, 0.2) is 12.3 Å². The Labute approximate surface area is 147 Å². The van der Waals surface area contributed by atoms with E-state index in [1.807, 2.05) is 28.7 Å². The van der Waals surface area contributed by atoms with E-state index in [9.17, 15) is 4.79 Å². The molecule has 0 bridgehead atoms. The smallest absolute Gasteiger partial charge is 0.271 e. The highest BCUT2D eigenvalue weighted by atomic mass is 32.2. The SMILES string of the molecule is O=C(NC1CCOC2(CCSC2)C1)c1ccn(C2CCCNC2)n1. The lowest BCUT2D eigenvalue weighted by molar-refractivity contribution is -0.0688. The summed E-state index contributed by atoms with van der Waals surface area (Å²) >= 11 is 1.96. The maximum absolute atomic E-state index is 12.6. The molecular weight excluding hydrogens is 324 g/mol. The Balaban J connectivity index is 1.36. The largest absolute Gasteiger partial charge is 0.374 e. The summed E-state index contributed by atoms with van der Waals surface area (Å²) in [4.78, 5) is 12.6. The molecule has 0 aromatic carbocycles. The summed E-state index contributed by atoms with van der Waals surface area (Å²) in [5, 5.41) is 11.1. The van der Waals surface area contributed by atoms with E-state index in [-0.39, 0.29) is 17.6 Å². The van der Waals surface area contributed by atoms with Crippen LogP contribution in [0.3, 0.4) is 0 Å². The molecular formula is C17H26N4O2S. The summed E-state index contributed by atoms with van der Waals surface area (Å²) in [6, 6.07) is 2.40. The number of thioether (sulfide) groups is 1. The maximum atomic E-state index is 12.6. The van der Waals surface area contributed by atoms with Gasteiger partial charge in [-0.2, -0.15) is 16.9 Å². The average Bonchev–Trinajstić information content (AvgIpc) is 3.26. The fourth-order valence-corrected chi connectivity index (χ4v) is 5.37. The molecule has 0 saturated carbocycles.